The van der Waals surface area contributed by atoms with E-state index in [-0.39, 0.29) is 10.9 Å². The maximum Gasteiger partial charge on any atom is 0.246 e. The molecule has 7 heteroatoms. The first-order valence-electron chi connectivity index (χ1n) is 4.03. The normalized spacial score (nSPS) is 14.6. The molecule has 0 saturated heterocycles. The van der Waals surface area contributed by atoms with Crippen LogP contribution in [0.25, 0.3) is 0 Å². The zero-order chi connectivity index (χ0) is 10.8. The summed E-state index contributed by atoms with van der Waals surface area (Å²) in [5, 5.41) is 6.69. The summed E-state index contributed by atoms with van der Waals surface area (Å²) in [7, 11) is -1.85. The zero-order valence-corrected chi connectivity index (χ0v) is 10.3. The molecule has 1 aromatic heterocycles. The van der Waals surface area contributed by atoms with Gasteiger partial charge in [0.15, 0.2) is 0 Å². The Kier molecular flexibility index (Phi) is 3.68. The van der Waals surface area contributed by atoms with Crippen molar-refractivity contribution in [3.05, 3.63) is 12.4 Å². The molecule has 1 heterocycles. The largest absolute Gasteiger partial charge is 0.284 e. The second-order valence-corrected chi connectivity index (χ2v) is 5.60. The molecule has 0 aromatic carbocycles. The molecule has 0 saturated carbocycles. The van der Waals surface area contributed by atoms with Crippen LogP contribution < -0.4 is 0 Å². The smallest absolute Gasteiger partial charge is 0.246 e. The minimum absolute atomic E-state index is 0.0881. The molecule has 0 spiro atoms. The van der Waals surface area contributed by atoms with Crippen molar-refractivity contribution in [1.29, 1.82) is 0 Å². The summed E-state index contributed by atoms with van der Waals surface area (Å²) in [6, 6.07) is -0.0881. The average Bonchev–Trinajstić information content (AvgIpc) is 2.68. The Morgan fingerprint density at radius 2 is 2.36 bits per heavy atom. The molecule has 1 N–H and O–H groups in total. The Hall–Kier alpha value is -0.400. The lowest BCUT2D eigenvalue weighted by Gasteiger charge is -2.21. The van der Waals surface area contributed by atoms with Gasteiger partial charge in [-0.3, -0.25) is 5.10 Å². The zero-order valence-electron chi connectivity index (χ0n) is 7.94. The maximum atomic E-state index is 11.8. The number of alkyl halides is 1. The van der Waals surface area contributed by atoms with E-state index in [2.05, 4.69) is 26.1 Å². The summed E-state index contributed by atoms with van der Waals surface area (Å²) in [5.41, 5.74) is 0. The highest BCUT2D eigenvalue weighted by molar-refractivity contribution is 9.09. The number of aromatic amines is 1. The number of rotatable bonds is 4. The Balaban J connectivity index is 2.97. The van der Waals surface area contributed by atoms with E-state index in [1.54, 1.807) is 7.05 Å². The quantitative estimate of drug-likeness (QED) is 0.831. The van der Waals surface area contributed by atoms with Crippen molar-refractivity contribution in [2.24, 2.45) is 0 Å². The average molecular weight is 282 g/mol. The molecule has 0 aliphatic rings. The van der Waals surface area contributed by atoms with E-state index in [0.717, 1.165) is 0 Å². The van der Waals surface area contributed by atoms with Crippen molar-refractivity contribution in [3.8, 4) is 0 Å². The molecular formula is C7H12BrN3O2S. The van der Waals surface area contributed by atoms with Crippen molar-refractivity contribution >= 4 is 26.0 Å². The highest BCUT2D eigenvalue weighted by Crippen LogP contribution is 2.15. The fraction of sp³-hybridized carbons (Fsp3) is 0.571. The minimum atomic E-state index is -3.40. The molecule has 0 radical (unpaired) electrons. The molecule has 1 atom stereocenters. The van der Waals surface area contributed by atoms with Gasteiger partial charge in [0, 0.05) is 24.6 Å². The second-order valence-electron chi connectivity index (χ2n) is 2.96. The maximum absolute atomic E-state index is 11.8. The lowest BCUT2D eigenvalue weighted by atomic mass is 10.4. The second kappa shape index (κ2) is 4.41. The summed E-state index contributed by atoms with van der Waals surface area (Å²) < 4.78 is 25.0. The molecule has 1 aromatic rings. The van der Waals surface area contributed by atoms with Crippen molar-refractivity contribution in [2.45, 2.75) is 17.9 Å². The minimum Gasteiger partial charge on any atom is -0.284 e. The van der Waals surface area contributed by atoms with Crippen LogP contribution in [0.15, 0.2) is 17.3 Å². The summed E-state index contributed by atoms with van der Waals surface area (Å²) >= 11 is 3.24. The van der Waals surface area contributed by atoms with Gasteiger partial charge in [0.05, 0.1) is 6.20 Å². The summed E-state index contributed by atoms with van der Waals surface area (Å²) in [6.07, 6.45) is 2.67. The Morgan fingerprint density at radius 3 is 2.79 bits per heavy atom. The molecule has 1 rings (SSSR count). The molecule has 0 bridgehead atoms. The van der Waals surface area contributed by atoms with E-state index in [9.17, 15) is 8.42 Å². The van der Waals surface area contributed by atoms with Gasteiger partial charge in [-0.05, 0) is 6.92 Å². The van der Waals surface area contributed by atoms with Crippen molar-refractivity contribution in [3.63, 3.8) is 0 Å². The van der Waals surface area contributed by atoms with E-state index in [4.69, 9.17) is 0 Å². The van der Waals surface area contributed by atoms with Gasteiger partial charge in [0.2, 0.25) is 10.0 Å². The van der Waals surface area contributed by atoms with Crippen LogP contribution in [-0.2, 0) is 10.0 Å². The van der Waals surface area contributed by atoms with Crippen molar-refractivity contribution in [2.75, 3.05) is 12.4 Å². The van der Waals surface area contributed by atoms with E-state index in [0.29, 0.717) is 5.33 Å². The lowest BCUT2D eigenvalue weighted by Crippen LogP contribution is -2.35. The molecule has 14 heavy (non-hydrogen) atoms. The van der Waals surface area contributed by atoms with Gasteiger partial charge >= 0.3 is 0 Å². The third-order valence-corrected chi connectivity index (χ3v) is 4.87. The predicted molar refractivity (Wildman–Crippen MR) is 56.8 cm³/mol. The van der Waals surface area contributed by atoms with Crippen molar-refractivity contribution in [1.82, 2.24) is 14.5 Å². The van der Waals surface area contributed by atoms with Gasteiger partial charge in [-0.25, -0.2) is 8.42 Å². The summed E-state index contributed by atoms with van der Waals surface area (Å²) in [5.74, 6) is 0. The van der Waals surface area contributed by atoms with Crippen LogP contribution in [0, 0.1) is 0 Å². The number of halogens is 1. The molecule has 1 unspecified atom stereocenters. The SMILES string of the molecule is CC(CBr)N(C)S(=O)(=O)c1cn[nH]c1. The highest BCUT2D eigenvalue weighted by atomic mass is 79.9. The van der Waals surface area contributed by atoms with Crippen LogP contribution in [0.5, 0.6) is 0 Å². The summed E-state index contributed by atoms with van der Waals surface area (Å²) in [6.45, 7) is 1.83. The van der Waals surface area contributed by atoms with E-state index < -0.39 is 10.0 Å². The van der Waals surface area contributed by atoms with Gasteiger partial charge < -0.3 is 0 Å². The number of aromatic nitrogens is 2. The molecule has 0 aliphatic heterocycles. The van der Waals surface area contributed by atoms with Crippen LogP contribution in [0.3, 0.4) is 0 Å². The van der Waals surface area contributed by atoms with E-state index in [1.807, 2.05) is 6.92 Å². The number of H-pyrrole nitrogens is 1. The van der Waals surface area contributed by atoms with Gasteiger partial charge in [-0.1, -0.05) is 15.9 Å². The first-order chi connectivity index (χ1) is 6.50. The molecule has 0 fully saturated rings. The summed E-state index contributed by atoms with van der Waals surface area (Å²) in [4.78, 5) is 0.188. The van der Waals surface area contributed by atoms with Gasteiger partial charge in [-0.15, -0.1) is 0 Å². The van der Waals surface area contributed by atoms with E-state index in [1.165, 1.54) is 16.7 Å². The highest BCUT2D eigenvalue weighted by Gasteiger charge is 2.25. The fourth-order valence-corrected chi connectivity index (χ4v) is 2.77. The van der Waals surface area contributed by atoms with Gasteiger partial charge in [-0.2, -0.15) is 9.40 Å². The Bertz CT molecular complexity index is 376. The van der Waals surface area contributed by atoms with Gasteiger partial charge in [0.25, 0.3) is 0 Å². The van der Waals surface area contributed by atoms with Gasteiger partial charge in [0.1, 0.15) is 4.90 Å². The third kappa shape index (κ3) is 2.15. The Morgan fingerprint density at radius 1 is 1.71 bits per heavy atom. The van der Waals surface area contributed by atoms with Crippen LogP contribution in [-0.4, -0.2) is 41.3 Å². The first kappa shape index (κ1) is 11.7. The van der Waals surface area contributed by atoms with Crippen LogP contribution in [0.2, 0.25) is 0 Å². The molecule has 0 aliphatic carbocycles. The number of hydrogen-bond acceptors (Lipinski definition) is 3. The number of sulfonamides is 1. The molecule has 0 amide bonds. The standard InChI is InChI=1S/C7H12BrN3O2S/c1-6(3-8)11(2)14(12,13)7-4-9-10-5-7/h4-6H,3H2,1-2H3,(H,9,10). The molecular weight excluding hydrogens is 270 g/mol. The topological polar surface area (TPSA) is 66.1 Å². The monoisotopic (exact) mass is 281 g/mol. The number of hydrogen-bond donors (Lipinski definition) is 1. The predicted octanol–water partition coefficient (Wildman–Crippen LogP) is 0.814. The number of nitrogens with zero attached hydrogens (tertiary/aromatic N) is 2. The van der Waals surface area contributed by atoms with Crippen LogP contribution in [0.4, 0.5) is 0 Å². The fourth-order valence-electron chi connectivity index (χ4n) is 0.880. The number of nitrogens with one attached hydrogen (secondary N) is 1. The third-order valence-electron chi connectivity index (χ3n) is 1.99. The molecule has 80 valence electrons. The van der Waals surface area contributed by atoms with Crippen LogP contribution >= 0.6 is 15.9 Å². The van der Waals surface area contributed by atoms with Crippen LogP contribution in [0.1, 0.15) is 6.92 Å². The van der Waals surface area contributed by atoms with E-state index >= 15 is 0 Å². The van der Waals surface area contributed by atoms with Crippen molar-refractivity contribution < 1.29 is 8.42 Å². The lowest BCUT2D eigenvalue weighted by molar-refractivity contribution is 0.416. The molecule has 5 nitrogen and oxygen atoms in total. The Labute approximate surface area is 91.7 Å². The first-order valence-corrected chi connectivity index (χ1v) is 6.59.